The molecule has 0 aromatic carbocycles. The molecule has 48 heavy (non-hydrogen) atoms. The van der Waals surface area contributed by atoms with Gasteiger partial charge in [-0.25, -0.2) is 29.4 Å². The standard InChI is InChI=1S/C33H41N9O4.C2H6/c1-17(2)42-31-25(29(34)36-16-37-31)26(39-42)27-24(28(46-40-27)21-4-5-21)30-35-14-23(18(3)38-30)20-6-8-41(9-7-20)32(44)45-22-12-33(13-22)10-19(11-33)15-43;1-2/h14,16-17,19-22,43H,4-13,15H2,1-3H3,(H2,34,36,37);1-2H3. The number of piperidine rings is 1. The molecule has 1 saturated heterocycles. The number of nitrogens with zero attached hydrogens (tertiary/aromatic N) is 8. The van der Waals surface area contributed by atoms with Crippen molar-refractivity contribution >= 4 is 22.9 Å². The van der Waals surface area contributed by atoms with Crippen molar-refractivity contribution in [3.8, 4) is 22.8 Å². The fraction of sp³-hybridized carbons (Fsp3) is 0.629. The molecular formula is C35H47N9O4. The maximum absolute atomic E-state index is 12.9. The van der Waals surface area contributed by atoms with Gasteiger partial charge in [-0.2, -0.15) is 5.10 Å². The van der Waals surface area contributed by atoms with Crippen LogP contribution in [0.4, 0.5) is 10.6 Å². The zero-order valence-electron chi connectivity index (χ0n) is 28.6. The summed E-state index contributed by atoms with van der Waals surface area (Å²) in [5, 5.41) is 19.4. The van der Waals surface area contributed by atoms with Crippen LogP contribution >= 0.6 is 0 Å². The number of nitrogen functional groups attached to an aromatic ring is 1. The molecule has 4 fully saturated rings. The van der Waals surface area contributed by atoms with Crippen LogP contribution in [0.25, 0.3) is 33.8 Å². The Hall–Kier alpha value is -4.13. The van der Waals surface area contributed by atoms with E-state index in [4.69, 9.17) is 30.1 Å². The van der Waals surface area contributed by atoms with Crippen molar-refractivity contribution in [2.45, 2.75) is 110 Å². The van der Waals surface area contributed by atoms with Gasteiger partial charge in [0.05, 0.1) is 10.9 Å². The molecule has 3 saturated carbocycles. The number of aryl methyl sites for hydroxylation is 1. The van der Waals surface area contributed by atoms with Crippen molar-refractivity contribution in [1.29, 1.82) is 0 Å². The molecule has 1 spiro atoms. The molecule has 0 radical (unpaired) electrons. The first-order valence-electron chi connectivity index (χ1n) is 17.6. The van der Waals surface area contributed by atoms with Crippen LogP contribution in [0.3, 0.4) is 0 Å². The molecule has 8 rings (SSSR count). The Labute approximate surface area is 280 Å². The first-order chi connectivity index (χ1) is 23.2. The van der Waals surface area contributed by atoms with Gasteiger partial charge in [0.1, 0.15) is 29.6 Å². The largest absolute Gasteiger partial charge is 0.446 e. The lowest BCUT2D eigenvalue weighted by molar-refractivity contribution is -0.126. The highest BCUT2D eigenvalue weighted by Gasteiger charge is 2.54. The van der Waals surface area contributed by atoms with Crippen LogP contribution in [-0.2, 0) is 4.74 Å². The van der Waals surface area contributed by atoms with E-state index in [1.54, 1.807) is 0 Å². The summed E-state index contributed by atoms with van der Waals surface area (Å²) in [6, 6.07) is 0.0491. The van der Waals surface area contributed by atoms with Crippen LogP contribution in [0.15, 0.2) is 17.0 Å². The van der Waals surface area contributed by atoms with E-state index in [2.05, 4.69) is 15.1 Å². The van der Waals surface area contributed by atoms with Crippen LogP contribution in [-0.4, -0.2) is 76.8 Å². The fourth-order valence-corrected chi connectivity index (χ4v) is 8.03. The highest BCUT2D eigenvalue weighted by molar-refractivity contribution is 6.00. The van der Waals surface area contributed by atoms with Crippen molar-refractivity contribution < 1.29 is 19.2 Å². The monoisotopic (exact) mass is 657 g/mol. The van der Waals surface area contributed by atoms with Crippen molar-refractivity contribution in [3.05, 3.63) is 29.5 Å². The predicted molar refractivity (Wildman–Crippen MR) is 180 cm³/mol. The number of hydrogen-bond acceptors (Lipinski definition) is 11. The number of aromatic nitrogens is 7. The Balaban J connectivity index is 0.00000179. The Morgan fingerprint density at radius 2 is 1.79 bits per heavy atom. The topological polar surface area (TPSA) is 171 Å². The summed E-state index contributed by atoms with van der Waals surface area (Å²) in [6.45, 7) is 11.7. The summed E-state index contributed by atoms with van der Waals surface area (Å²) >= 11 is 0. The number of anilines is 1. The van der Waals surface area contributed by atoms with Gasteiger partial charge in [-0.1, -0.05) is 19.0 Å². The van der Waals surface area contributed by atoms with Crippen molar-refractivity contribution in [1.82, 2.24) is 39.8 Å². The number of aliphatic hydroxyl groups excluding tert-OH is 1. The molecule has 3 N–H and O–H groups in total. The molecule has 4 aromatic rings. The number of ether oxygens (including phenoxy) is 1. The summed E-state index contributed by atoms with van der Waals surface area (Å²) < 4.78 is 13.6. The van der Waals surface area contributed by atoms with Crippen LogP contribution in [0.1, 0.15) is 114 Å². The van der Waals surface area contributed by atoms with E-state index >= 15 is 0 Å². The molecule has 4 aromatic heterocycles. The zero-order chi connectivity index (χ0) is 33.7. The molecule has 0 atom stereocenters. The Bertz CT molecular complexity index is 1790. The smallest absolute Gasteiger partial charge is 0.410 e. The molecule has 1 amide bonds. The number of nitrogens with two attached hydrogens (primary N) is 1. The lowest BCUT2D eigenvalue weighted by atomic mass is 9.51. The molecule has 13 nitrogen and oxygen atoms in total. The van der Waals surface area contributed by atoms with Gasteiger partial charge in [0, 0.05) is 43.5 Å². The highest BCUT2D eigenvalue weighted by Crippen LogP contribution is 2.59. The second kappa shape index (κ2) is 12.7. The minimum Gasteiger partial charge on any atom is -0.446 e. The molecule has 0 bridgehead atoms. The van der Waals surface area contributed by atoms with Crippen LogP contribution in [0.5, 0.6) is 0 Å². The van der Waals surface area contributed by atoms with E-state index in [-0.39, 0.29) is 36.7 Å². The predicted octanol–water partition coefficient (Wildman–Crippen LogP) is 6.18. The molecule has 4 aliphatic rings. The number of carbonyl (C=O) groups excluding carboxylic acids is 1. The fourth-order valence-electron chi connectivity index (χ4n) is 8.03. The number of aliphatic hydroxyl groups is 1. The Morgan fingerprint density at radius 1 is 1.06 bits per heavy atom. The van der Waals surface area contributed by atoms with Gasteiger partial charge < -0.3 is 25.0 Å². The lowest BCUT2D eigenvalue weighted by Crippen LogP contribution is -2.53. The third-order valence-corrected chi connectivity index (χ3v) is 10.6. The average Bonchev–Trinajstić information content (AvgIpc) is 3.68. The van der Waals surface area contributed by atoms with E-state index in [9.17, 15) is 9.90 Å². The van der Waals surface area contributed by atoms with E-state index in [1.807, 2.05) is 50.4 Å². The number of rotatable bonds is 7. The van der Waals surface area contributed by atoms with Crippen LogP contribution in [0, 0.1) is 18.3 Å². The van der Waals surface area contributed by atoms with Gasteiger partial charge in [-0.05, 0) is 95.0 Å². The molecule has 256 valence electrons. The summed E-state index contributed by atoms with van der Waals surface area (Å²) in [5.74, 6) is 2.62. The van der Waals surface area contributed by atoms with Crippen LogP contribution in [0.2, 0.25) is 0 Å². The maximum atomic E-state index is 12.9. The minimum atomic E-state index is -0.203. The second-order valence-electron chi connectivity index (χ2n) is 14.3. The van der Waals surface area contributed by atoms with Crippen LogP contribution < -0.4 is 5.73 Å². The van der Waals surface area contributed by atoms with Gasteiger partial charge in [0.15, 0.2) is 17.2 Å². The number of amides is 1. The van der Waals surface area contributed by atoms with Gasteiger partial charge >= 0.3 is 6.09 Å². The molecule has 13 heteroatoms. The van der Waals surface area contributed by atoms with E-state index < -0.39 is 0 Å². The summed E-state index contributed by atoms with van der Waals surface area (Å²) in [4.78, 5) is 33.4. The number of fused-ring (bicyclic) bond motifs is 1. The molecular weight excluding hydrogens is 610 g/mol. The van der Waals surface area contributed by atoms with Gasteiger partial charge in [-0.15, -0.1) is 0 Å². The summed E-state index contributed by atoms with van der Waals surface area (Å²) in [6.07, 6.45) is 10.9. The summed E-state index contributed by atoms with van der Waals surface area (Å²) in [5.41, 5.74) is 11.2. The SMILES string of the molecule is CC.Cc1nc(-c2c(-c3nn(C(C)C)c4ncnc(N)c34)noc2C2CC2)ncc1C1CCN(C(=O)OC2CC3(CC(CO)C3)C2)CC1. The first kappa shape index (κ1) is 32.4. The summed E-state index contributed by atoms with van der Waals surface area (Å²) in [7, 11) is 0. The van der Waals surface area contributed by atoms with Crippen molar-refractivity contribution in [3.63, 3.8) is 0 Å². The molecule has 5 heterocycles. The third kappa shape index (κ3) is 5.69. The Kier molecular flexibility index (Phi) is 8.59. The zero-order valence-corrected chi connectivity index (χ0v) is 28.6. The Morgan fingerprint density at radius 3 is 2.44 bits per heavy atom. The third-order valence-electron chi connectivity index (χ3n) is 10.6. The van der Waals surface area contributed by atoms with E-state index in [0.29, 0.717) is 58.5 Å². The van der Waals surface area contributed by atoms with Gasteiger partial charge in [0.2, 0.25) is 0 Å². The first-order valence-corrected chi connectivity index (χ1v) is 17.6. The maximum Gasteiger partial charge on any atom is 0.410 e. The lowest BCUT2D eigenvalue weighted by Gasteiger charge is -2.56. The number of carbonyl (C=O) groups is 1. The second-order valence-corrected chi connectivity index (χ2v) is 14.3. The molecule has 1 aliphatic heterocycles. The van der Waals surface area contributed by atoms with Crippen molar-refractivity contribution in [2.24, 2.45) is 11.3 Å². The molecule has 0 unspecified atom stereocenters. The van der Waals surface area contributed by atoms with Crippen molar-refractivity contribution in [2.75, 3.05) is 25.4 Å². The minimum absolute atomic E-state index is 0.0111. The average molecular weight is 658 g/mol. The number of hydrogen-bond donors (Lipinski definition) is 2. The molecule has 3 aliphatic carbocycles. The normalized spacial score (nSPS) is 23.9. The highest BCUT2D eigenvalue weighted by atomic mass is 16.6. The van der Waals surface area contributed by atoms with Gasteiger partial charge in [0.25, 0.3) is 0 Å². The van der Waals surface area contributed by atoms with Gasteiger partial charge in [-0.3, -0.25) is 0 Å². The van der Waals surface area contributed by atoms with E-state index in [1.165, 1.54) is 6.33 Å². The quantitative estimate of drug-likeness (QED) is 0.232. The number of likely N-dealkylation sites (tertiary alicyclic amines) is 1. The van der Waals surface area contributed by atoms with E-state index in [0.717, 1.165) is 73.9 Å².